The van der Waals surface area contributed by atoms with E-state index in [1.54, 1.807) is 0 Å². The van der Waals surface area contributed by atoms with E-state index in [1.165, 1.54) is 16.7 Å². The van der Waals surface area contributed by atoms with Crippen LogP contribution in [0.1, 0.15) is 34.6 Å². The van der Waals surface area contributed by atoms with Gasteiger partial charge in [0.2, 0.25) is 6.41 Å². The van der Waals surface area contributed by atoms with Crippen molar-refractivity contribution in [3.63, 3.8) is 0 Å². The molecule has 100 valence electrons. The first-order chi connectivity index (χ1) is 7.54. The lowest BCUT2D eigenvalue weighted by Gasteiger charge is -2.34. The van der Waals surface area contributed by atoms with Crippen LogP contribution in [0.25, 0.3) is 0 Å². The molecule has 1 rings (SSSR count). The molecule has 6 heteroatoms. The number of hydrogen-bond acceptors (Lipinski definition) is 5. The Labute approximate surface area is 106 Å². The van der Waals surface area contributed by atoms with Gasteiger partial charge in [-0.3, -0.25) is 4.79 Å². The van der Waals surface area contributed by atoms with E-state index in [4.69, 9.17) is 4.74 Å². The molecule has 17 heavy (non-hydrogen) atoms. The maximum absolute atomic E-state index is 11.3. The van der Waals surface area contributed by atoms with Crippen molar-refractivity contribution in [2.45, 2.75) is 57.4 Å². The monoisotopic (exact) mass is 263 g/mol. The minimum absolute atomic E-state index is 0.436. The molecule has 0 aromatic heterocycles. The first kappa shape index (κ1) is 14.8. The highest BCUT2D eigenvalue weighted by Gasteiger charge is 2.49. The van der Waals surface area contributed by atoms with Gasteiger partial charge in [-0.2, -0.15) is 0 Å². The van der Waals surface area contributed by atoms with E-state index < -0.39 is 28.8 Å². The van der Waals surface area contributed by atoms with E-state index in [9.17, 15) is 15.0 Å². The summed E-state index contributed by atoms with van der Waals surface area (Å²) in [6.07, 6.45) is -1.19. The largest absolute Gasteiger partial charge is 0.480 e. The van der Waals surface area contributed by atoms with E-state index in [0.717, 1.165) is 0 Å². The third-order valence-electron chi connectivity index (χ3n) is 2.55. The van der Waals surface area contributed by atoms with Crippen LogP contribution < -0.4 is 0 Å². The van der Waals surface area contributed by atoms with Crippen molar-refractivity contribution >= 4 is 17.7 Å². The summed E-state index contributed by atoms with van der Waals surface area (Å²) in [4.78, 5) is 12.7. The van der Waals surface area contributed by atoms with Crippen molar-refractivity contribution in [3.8, 4) is 0 Å². The van der Waals surface area contributed by atoms with Gasteiger partial charge in [0.15, 0.2) is 0 Å². The lowest BCUT2D eigenvalue weighted by atomic mass is 10.0. The number of aliphatic hydroxyl groups is 1. The predicted molar refractivity (Wildman–Crippen MR) is 66.6 cm³/mol. The second-order valence-corrected chi connectivity index (χ2v) is 7.29. The summed E-state index contributed by atoms with van der Waals surface area (Å²) in [6, 6.07) is -0.746. The zero-order valence-electron chi connectivity index (χ0n) is 10.9. The molecule has 0 bridgehead atoms. The van der Waals surface area contributed by atoms with Gasteiger partial charge in [-0.25, -0.2) is 4.90 Å². The second kappa shape index (κ2) is 4.76. The summed E-state index contributed by atoms with van der Waals surface area (Å²) in [7, 11) is 0. The smallest absolute Gasteiger partial charge is 0.322 e. The number of thioether (sulfide) groups is 1. The highest BCUT2D eigenvalue weighted by atomic mass is 32.2. The maximum atomic E-state index is 11.3. The first-order valence-electron chi connectivity index (χ1n) is 5.53. The summed E-state index contributed by atoms with van der Waals surface area (Å²) in [5.41, 5.74) is -0.514. The van der Waals surface area contributed by atoms with Gasteiger partial charge in [0, 0.05) is 4.75 Å². The molecular weight excluding hydrogens is 242 g/mol. The molecule has 2 atom stereocenters. The number of aliphatic carboxylic acids is 1. The summed E-state index contributed by atoms with van der Waals surface area (Å²) in [5.74, 6) is -0.488. The maximum Gasteiger partial charge on any atom is 0.322 e. The van der Waals surface area contributed by atoms with Gasteiger partial charge in [0.1, 0.15) is 6.04 Å². The van der Waals surface area contributed by atoms with Gasteiger partial charge in [-0.15, -0.1) is 11.8 Å². The number of rotatable bonds is 3. The van der Waals surface area contributed by atoms with E-state index in [-0.39, 0.29) is 0 Å². The molecule has 0 radical (unpaired) electrons. The Morgan fingerprint density at radius 1 is 1.53 bits per heavy atom. The Bertz CT molecular complexity index is 300. The third-order valence-corrected chi connectivity index (χ3v) is 3.95. The van der Waals surface area contributed by atoms with Crippen molar-refractivity contribution in [2.24, 2.45) is 0 Å². The number of nitrogens with zero attached hydrogens (tertiary/aromatic N) is 1. The van der Waals surface area contributed by atoms with Crippen molar-refractivity contribution in [2.75, 3.05) is 5.88 Å². The van der Waals surface area contributed by atoms with Gasteiger partial charge in [0.25, 0.3) is 0 Å². The number of ether oxygens (including phenoxy) is 1. The Morgan fingerprint density at radius 2 is 2.06 bits per heavy atom. The van der Waals surface area contributed by atoms with Crippen molar-refractivity contribution in [1.82, 2.24) is 4.90 Å². The lowest BCUT2D eigenvalue weighted by Crippen LogP contribution is -2.52. The fourth-order valence-electron chi connectivity index (χ4n) is 1.81. The summed E-state index contributed by atoms with van der Waals surface area (Å²) >= 11 is 1.50. The van der Waals surface area contributed by atoms with E-state index in [0.29, 0.717) is 5.88 Å². The van der Waals surface area contributed by atoms with E-state index >= 15 is 0 Å². The average molecular weight is 263 g/mol. The number of carbonyl (C=O) groups is 1. The SMILES string of the molecule is CC(C)(C)OC(O)N1CSC(C)(C)C1C(=O)O. The molecule has 1 heterocycles. The van der Waals surface area contributed by atoms with Crippen LogP contribution in [0.4, 0.5) is 0 Å². The fraction of sp³-hybridized carbons (Fsp3) is 0.909. The van der Waals surface area contributed by atoms with Crippen LogP contribution in [0.5, 0.6) is 0 Å². The highest BCUT2D eigenvalue weighted by Crippen LogP contribution is 2.40. The van der Waals surface area contributed by atoms with E-state index in [2.05, 4.69) is 0 Å². The van der Waals surface area contributed by atoms with Crippen LogP contribution in [-0.2, 0) is 9.53 Å². The van der Waals surface area contributed by atoms with Crippen LogP contribution in [-0.4, -0.2) is 49.8 Å². The number of carboxylic acid groups (broad SMARTS) is 1. The average Bonchev–Trinajstić information content (AvgIpc) is 2.37. The highest BCUT2D eigenvalue weighted by molar-refractivity contribution is 8.00. The van der Waals surface area contributed by atoms with Crippen LogP contribution >= 0.6 is 11.8 Å². The van der Waals surface area contributed by atoms with Crippen molar-refractivity contribution < 1.29 is 19.7 Å². The zero-order chi connectivity index (χ0) is 13.4. The lowest BCUT2D eigenvalue weighted by molar-refractivity contribution is -0.243. The van der Waals surface area contributed by atoms with Gasteiger partial charge < -0.3 is 14.9 Å². The molecule has 1 saturated heterocycles. The standard InChI is InChI=1S/C11H21NO4S/c1-10(2,3)16-9(15)12-6-17-11(4,5)7(12)8(13)14/h7,9,15H,6H2,1-5H3,(H,13,14). The number of aliphatic hydroxyl groups excluding tert-OH is 1. The molecule has 0 amide bonds. The molecule has 1 aliphatic heterocycles. The summed E-state index contributed by atoms with van der Waals surface area (Å²) < 4.78 is 4.96. The van der Waals surface area contributed by atoms with Gasteiger partial charge in [0.05, 0.1) is 11.5 Å². The Hall–Kier alpha value is -0.300. The second-order valence-electron chi connectivity index (χ2n) is 5.69. The van der Waals surface area contributed by atoms with Crippen molar-refractivity contribution in [1.29, 1.82) is 0 Å². The van der Waals surface area contributed by atoms with Gasteiger partial charge >= 0.3 is 5.97 Å². The molecule has 1 fully saturated rings. The molecule has 0 aromatic rings. The number of hydrogen-bond donors (Lipinski definition) is 2. The van der Waals surface area contributed by atoms with Crippen LogP contribution in [0.15, 0.2) is 0 Å². The van der Waals surface area contributed by atoms with Crippen LogP contribution in [0, 0.1) is 0 Å². The molecule has 0 aliphatic carbocycles. The minimum Gasteiger partial charge on any atom is -0.480 e. The molecular formula is C11H21NO4S. The predicted octanol–water partition coefficient (Wildman–Crippen LogP) is 1.32. The van der Waals surface area contributed by atoms with Crippen molar-refractivity contribution in [3.05, 3.63) is 0 Å². The molecule has 0 aromatic carbocycles. The van der Waals surface area contributed by atoms with Crippen LogP contribution in [0.2, 0.25) is 0 Å². The Morgan fingerprint density at radius 3 is 2.47 bits per heavy atom. The Kier molecular flexibility index (Phi) is 4.13. The number of carboxylic acids is 1. The summed E-state index contributed by atoms with van der Waals surface area (Å²) in [6.45, 7) is 9.18. The Balaban J connectivity index is 2.81. The molecule has 5 nitrogen and oxygen atoms in total. The zero-order valence-corrected chi connectivity index (χ0v) is 11.7. The molecule has 0 spiro atoms. The summed E-state index contributed by atoms with van der Waals surface area (Å²) in [5, 5.41) is 19.2. The fourth-order valence-corrected chi connectivity index (χ4v) is 2.96. The first-order valence-corrected chi connectivity index (χ1v) is 6.51. The van der Waals surface area contributed by atoms with E-state index in [1.807, 2.05) is 34.6 Å². The van der Waals surface area contributed by atoms with Crippen LogP contribution in [0.3, 0.4) is 0 Å². The molecule has 0 saturated carbocycles. The minimum atomic E-state index is -1.19. The quantitative estimate of drug-likeness (QED) is 0.748. The molecule has 1 aliphatic rings. The molecule has 2 N–H and O–H groups in total. The molecule has 2 unspecified atom stereocenters. The normalized spacial score (nSPS) is 27.1. The topological polar surface area (TPSA) is 70.0 Å². The third kappa shape index (κ3) is 3.58. The van der Waals surface area contributed by atoms with Gasteiger partial charge in [-0.05, 0) is 34.6 Å². The van der Waals surface area contributed by atoms with Gasteiger partial charge in [-0.1, -0.05) is 0 Å².